The Labute approximate surface area is 198 Å². The maximum Gasteiger partial charge on any atom is 0.308 e. The minimum atomic E-state index is -0.188. The number of ether oxygens (including phenoxy) is 2. The van der Waals surface area contributed by atoms with Crippen molar-refractivity contribution in [1.82, 2.24) is 19.7 Å². The van der Waals surface area contributed by atoms with Gasteiger partial charge in [0, 0.05) is 26.2 Å². The Bertz CT molecular complexity index is 968. The van der Waals surface area contributed by atoms with Crippen molar-refractivity contribution in [3.63, 3.8) is 0 Å². The Morgan fingerprint density at radius 3 is 2.45 bits per heavy atom. The van der Waals surface area contributed by atoms with Gasteiger partial charge in [-0.3, -0.25) is 14.2 Å². The van der Waals surface area contributed by atoms with E-state index in [1.54, 1.807) is 7.11 Å². The molecule has 33 heavy (non-hydrogen) atoms. The highest BCUT2D eigenvalue weighted by Crippen LogP contribution is 2.33. The summed E-state index contributed by atoms with van der Waals surface area (Å²) < 4.78 is 12.5. The number of carbonyl (C=O) groups is 2. The number of thioether (sulfide) groups is 1. The molecule has 0 saturated carbocycles. The molecule has 10 heteroatoms. The van der Waals surface area contributed by atoms with Crippen molar-refractivity contribution in [3.05, 3.63) is 24.3 Å². The average Bonchev–Trinajstić information content (AvgIpc) is 3.31. The second-order valence-electron chi connectivity index (χ2n) is 8.30. The summed E-state index contributed by atoms with van der Waals surface area (Å²) >= 11 is 1.38. The fraction of sp³-hybridized carbons (Fsp3) is 0.565. The normalized spacial score (nSPS) is 17.2. The van der Waals surface area contributed by atoms with Crippen LogP contribution >= 0.6 is 11.8 Å². The number of para-hydroxylation sites is 2. The van der Waals surface area contributed by atoms with Gasteiger partial charge in [-0.2, -0.15) is 0 Å². The minimum absolute atomic E-state index is 0.0393. The van der Waals surface area contributed by atoms with Crippen LogP contribution in [-0.2, 0) is 14.3 Å². The van der Waals surface area contributed by atoms with E-state index in [1.165, 1.54) is 25.3 Å². The molecular formula is C23H31N5O4S. The lowest BCUT2D eigenvalue weighted by atomic mass is 9.97. The van der Waals surface area contributed by atoms with Crippen LogP contribution in [0, 0.1) is 5.92 Å². The number of hydrogen-bond acceptors (Lipinski definition) is 8. The maximum absolute atomic E-state index is 12.9. The maximum atomic E-state index is 12.9. The van der Waals surface area contributed by atoms with Gasteiger partial charge < -0.3 is 19.3 Å². The molecule has 4 rings (SSSR count). The molecule has 1 aromatic carbocycles. The van der Waals surface area contributed by atoms with Crippen molar-refractivity contribution >= 4 is 29.6 Å². The van der Waals surface area contributed by atoms with E-state index in [2.05, 4.69) is 15.1 Å². The summed E-state index contributed by atoms with van der Waals surface area (Å²) in [6, 6.07) is 7.80. The lowest BCUT2D eigenvalue weighted by Gasteiger charge is -2.30. The van der Waals surface area contributed by atoms with Crippen molar-refractivity contribution in [2.24, 2.45) is 5.92 Å². The van der Waals surface area contributed by atoms with Gasteiger partial charge in [0.25, 0.3) is 0 Å². The van der Waals surface area contributed by atoms with E-state index in [4.69, 9.17) is 9.47 Å². The molecule has 0 atom stereocenters. The quantitative estimate of drug-likeness (QED) is 0.448. The number of esters is 1. The Morgan fingerprint density at radius 2 is 1.76 bits per heavy atom. The number of piperidine rings is 2. The molecule has 2 aliphatic rings. The molecule has 0 unspecified atom stereocenters. The second-order valence-corrected chi connectivity index (χ2v) is 9.25. The highest BCUT2D eigenvalue weighted by molar-refractivity contribution is 7.99. The van der Waals surface area contributed by atoms with E-state index in [1.807, 2.05) is 33.7 Å². The molecule has 0 radical (unpaired) electrons. The first-order chi connectivity index (χ1) is 16.1. The van der Waals surface area contributed by atoms with Crippen molar-refractivity contribution in [2.75, 3.05) is 51.1 Å². The number of nitrogens with zero attached hydrogens (tertiary/aromatic N) is 5. The van der Waals surface area contributed by atoms with E-state index in [9.17, 15) is 9.59 Å². The van der Waals surface area contributed by atoms with Crippen molar-refractivity contribution in [3.8, 4) is 11.4 Å². The number of likely N-dealkylation sites (tertiary alicyclic amines) is 1. The first kappa shape index (κ1) is 23.4. The molecule has 2 fully saturated rings. The SMILES string of the molecule is COC(=O)C1CCN(C(=O)CSc2nnc(N3CCCCC3)n2-c2ccccc2OC)CC1. The van der Waals surface area contributed by atoms with Crippen LogP contribution < -0.4 is 9.64 Å². The summed E-state index contributed by atoms with van der Waals surface area (Å²) in [5, 5.41) is 9.63. The van der Waals surface area contributed by atoms with Crippen molar-refractivity contribution < 1.29 is 19.1 Å². The lowest BCUT2D eigenvalue weighted by molar-refractivity contribution is -0.148. The summed E-state index contributed by atoms with van der Waals surface area (Å²) in [4.78, 5) is 28.7. The van der Waals surface area contributed by atoms with Gasteiger partial charge in [-0.05, 0) is 44.2 Å². The molecule has 9 nitrogen and oxygen atoms in total. The zero-order chi connectivity index (χ0) is 23.2. The smallest absolute Gasteiger partial charge is 0.308 e. The standard InChI is InChI=1S/C23H31N5O4S/c1-31-19-9-5-4-8-18(19)28-22(27-12-6-3-7-13-27)24-25-23(28)33-16-20(29)26-14-10-17(11-15-26)21(30)32-2/h4-5,8-9,17H,3,6-7,10-16H2,1-2H3. The van der Waals surface area contributed by atoms with Gasteiger partial charge in [0.05, 0.1) is 31.6 Å². The van der Waals surface area contributed by atoms with Gasteiger partial charge in [0.15, 0.2) is 5.16 Å². The molecule has 0 aliphatic carbocycles. The number of rotatable bonds is 7. The van der Waals surface area contributed by atoms with E-state index in [-0.39, 0.29) is 23.5 Å². The number of carbonyl (C=O) groups excluding carboxylic acids is 2. The topological polar surface area (TPSA) is 89.8 Å². The molecule has 1 aromatic heterocycles. The van der Waals surface area contributed by atoms with Crippen LogP contribution in [0.2, 0.25) is 0 Å². The van der Waals surface area contributed by atoms with Gasteiger partial charge >= 0.3 is 5.97 Å². The minimum Gasteiger partial charge on any atom is -0.495 e. The van der Waals surface area contributed by atoms with E-state index >= 15 is 0 Å². The van der Waals surface area contributed by atoms with Crippen LogP contribution in [0.25, 0.3) is 5.69 Å². The van der Waals surface area contributed by atoms with Crippen molar-refractivity contribution in [2.45, 2.75) is 37.3 Å². The van der Waals surface area contributed by atoms with Gasteiger partial charge in [-0.1, -0.05) is 23.9 Å². The monoisotopic (exact) mass is 473 g/mol. The predicted octanol–water partition coefficient (Wildman–Crippen LogP) is 2.77. The van der Waals surface area contributed by atoms with E-state index in [0.29, 0.717) is 31.1 Å². The highest BCUT2D eigenvalue weighted by atomic mass is 32.2. The molecule has 2 aliphatic heterocycles. The fourth-order valence-electron chi connectivity index (χ4n) is 4.43. The number of aromatic nitrogens is 3. The van der Waals surface area contributed by atoms with E-state index < -0.39 is 0 Å². The summed E-state index contributed by atoms with van der Waals surface area (Å²) in [6.07, 6.45) is 4.75. The number of amides is 1. The van der Waals surface area contributed by atoms with Crippen LogP contribution in [0.4, 0.5) is 5.95 Å². The number of anilines is 1. The summed E-state index contributed by atoms with van der Waals surface area (Å²) in [7, 11) is 3.06. The van der Waals surface area contributed by atoms with Gasteiger partial charge in [-0.15, -0.1) is 10.2 Å². The van der Waals surface area contributed by atoms with Gasteiger partial charge in [0.1, 0.15) is 5.75 Å². The third-order valence-corrected chi connectivity index (χ3v) is 7.20. The average molecular weight is 474 g/mol. The predicted molar refractivity (Wildman–Crippen MR) is 126 cm³/mol. The molecule has 0 spiro atoms. The van der Waals surface area contributed by atoms with Crippen LogP contribution in [0.15, 0.2) is 29.4 Å². The van der Waals surface area contributed by atoms with E-state index in [0.717, 1.165) is 43.3 Å². The Balaban J connectivity index is 1.50. The van der Waals surface area contributed by atoms with Gasteiger partial charge in [-0.25, -0.2) is 0 Å². The Hall–Kier alpha value is -2.75. The van der Waals surface area contributed by atoms with Gasteiger partial charge in [0.2, 0.25) is 11.9 Å². The molecule has 3 heterocycles. The van der Waals surface area contributed by atoms with Crippen LogP contribution in [0.1, 0.15) is 32.1 Å². The first-order valence-corrected chi connectivity index (χ1v) is 12.4. The van der Waals surface area contributed by atoms with Crippen LogP contribution in [-0.4, -0.2) is 77.7 Å². The summed E-state index contributed by atoms with van der Waals surface area (Å²) in [5.74, 6) is 1.51. The largest absolute Gasteiger partial charge is 0.495 e. The number of methoxy groups -OCH3 is 2. The molecule has 178 valence electrons. The van der Waals surface area contributed by atoms with Crippen molar-refractivity contribution in [1.29, 1.82) is 0 Å². The Morgan fingerprint density at radius 1 is 1.03 bits per heavy atom. The second kappa shape index (κ2) is 10.9. The fourth-order valence-corrected chi connectivity index (χ4v) is 5.27. The Kier molecular flexibility index (Phi) is 7.74. The van der Waals surface area contributed by atoms with Crippen LogP contribution in [0.3, 0.4) is 0 Å². The highest BCUT2D eigenvalue weighted by Gasteiger charge is 2.29. The molecular weight excluding hydrogens is 442 g/mol. The number of benzene rings is 1. The third-order valence-electron chi connectivity index (χ3n) is 6.29. The summed E-state index contributed by atoms with van der Waals surface area (Å²) in [5.41, 5.74) is 0.861. The molecule has 1 amide bonds. The molecule has 2 aromatic rings. The molecule has 2 saturated heterocycles. The summed E-state index contributed by atoms with van der Waals surface area (Å²) in [6.45, 7) is 3.01. The lowest BCUT2D eigenvalue weighted by Crippen LogP contribution is -2.41. The third kappa shape index (κ3) is 5.26. The number of hydrogen-bond donors (Lipinski definition) is 0. The molecule has 0 bridgehead atoms. The first-order valence-electron chi connectivity index (χ1n) is 11.4. The molecule has 0 N–H and O–H groups in total. The zero-order valence-electron chi connectivity index (χ0n) is 19.2. The van der Waals surface area contributed by atoms with Crippen LogP contribution in [0.5, 0.6) is 5.75 Å². The zero-order valence-corrected chi connectivity index (χ0v) is 20.1.